The number of aliphatic hydroxyl groups is 1. The molecule has 5 heteroatoms. The first kappa shape index (κ1) is 22.1. The topological polar surface area (TPSA) is 75.6 Å². The Morgan fingerprint density at radius 2 is 1.54 bits per heavy atom. The summed E-state index contributed by atoms with van der Waals surface area (Å²) in [5, 5.41) is 11.5. The highest BCUT2D eigenvalue weighted by Crippen LogP contribution is 2.11. The van der Waals surface area contributed by atoms with Crippen LogP contribution in [0.15, 0.2) is 34.9 Å². The van der Waals surface area contributed by atoms with E-state index >= 15 is 0 Å². The highest BCUT2D eigenvalue weighted by molar-refractivity contribution is 5.92. The molecule has 0 aliphatic rings. The molecule has 0 aliphatic carbocycles. The second-order valence-electron chi connectivity index (χ2n) is 5.84. The van der Waals surface area contributed by atoms with E-state index in [1.165, 1.54) is 18.1 Å². The predicted octanol–water partition coefficient (Wildman–Crippen LogP) is 3.06. The van der Waals surface area contributed by atoms with Crippen LogP contribution in [0.3, 0.4) is 0 Å². The minimum absolute atomic E-state index is 0.0988. The van der Waals surface area contributed by atoms with Gasteiger partial charge < -0.3 is 15.2 Å². The average Bonchev–Trinajstić information content (AvgIpc) is 2.51. The zero-order valence-corrected chi connectivity index (χ0v) is 15.4. The van der Waals surface area contributed by atoms with Gasteiger partial charge in [-0.3, -0.25) is 9.59 Å². The summed E-state index contributed by atoms with van der Waals surface area (Å²) in [7, 11) is 0. The molecule has 2 N–H and O–H groups in total. The van der Waals surface area contributed by atoms with Gasteiger partial charge in [-0.2, -0.15) is 0 Å². The summed E-state index contributed by atoms with van der Waals surface area (Å²) >= 11 is 0. The molecule has 0 heterocycles. The lowest BCUT2D eigenvalue weighted by Gasteiger charge is -2.06. The highest BCUT2D eigenvalue weighted by atomic mass is 16.5. The zero-order valence-electron chi connectivity index (χ0n) is 15.4. The van der Waals surface area contributed by atoms with Crippen LogP contribution in [0.1, 0.15) is 53.4 Å². The molecule has 0 unspecified atom stereocenters. The van der Waals surface area contributed by atoms with Crippen molar-refractivity contribution in [1.29, 1.82) is 0 Å². The van der Waals surface area contributed by atoms with E-state index in [0.717, 1.165) is 25.7 Å². The molecule has 0 bridgehead atoms. The highest BCUT2D eigenvalue weighted by Gasteiger charge is 2.03. The smallest absolute Gasteiger partial charge is 0.302 e. The molecular weight excluding hydrogens is 306 g/mol. The summed E-state index contributed by atoms with van der Waals surface area (Å²) in [6.45, 7) is 7.85. The van der Waals surface area contributed by atoms with Crippen LogP contribution in [0, 0.1) is 0 Å². The van der Waals surface area contributed by atoms with Gasteiger partial charge in [-0.25, -0.2) is 0 Å². The zero-order chi connectivity index (χ0) is 18.4. The standard InChI is InChI=1S/C19H31NO4/c1-15(7-5-8-16(2)11-13-21)9-6-10-17(3)19(23)20-12-14-24-18(4)22/h7,10-11,21H,5-6,8-9,12-14H2,1-4H3,(H,20,23). The molecule has 0 saturated heterocycles. The second kappa shape index (κ2) is 13.5. The predicted molar refractivity (Wildman–Crippen MR) is 96.5 cm³/mol. The maximum atomic E-state index is 11.8. The monoisotopic (exact) mass is 337 g/mol. The number of nitrogens with one attached hydrogen (secondary N) is 1. The van der Waals surface area contributed by atoms with Gasteiger partial charge in [0, 0.05) is 12.5 Å². The summed E-state index contributed by atoms with van der Waals surface area (Å²) in [5.74, 6) is -0.477. The average molecular weight is 337 g/mol. The first-order valence-electron chi connectivity index (χ1n) is 8.37. The largest absolute Gasteiger partial charge is 0.464 e. The molecule has 0 fully saturated rings. The summed E-state index contributed by atoms with van der Waals surface area (Å²) in [6, 6.07) is 0. The Labute approximate surface area is 145 Å². The van der Waals surface area contributed by atoms with Gasteiger partial charge in [0.2, 0.25) is 5.91 Å². The van der Waals surface area contributed by atoms with E-state index < -0.39 is 0 Å². The number of carbonyl (C=O) groups is 2. The molecule has 0 saturated carbocycles. The van der Waals surface area contributed by atoms with E-state index in [4.69, 9.17) is 9.84 Å². The van der Waals surface area contributed by atoms with Gasteiger partial charge in [-0.15, -0.1) is 0 Å². The van der Waals surface area contributed by atoms with E-state index in [2.05, 4.69) is 18.3 Å². The number of ether oxygens (including phenoxy) is 1. The van der Waals surface area contributed by atoms with Crippen LogP contribution in [0.2, 0.25) is 0 Å². The fourth-order valence-corrected chi connectivity index (χ4v) is 2.01. The Morgan fingerprint density at radius 1 is 0.958 bits per heavy atom. The molecule has 5 nitrogen and oxygen atoms in total. The van der Waals surface area contributed by atoms with Crippen LogP contribution >= 0.6 is 0 Å². The van der Waals surface area contributed by atoms with Crippen molar-refractivity contribution in [3.05, 3.63) is 34.9 Å². The Bertz CT molecular complexity index is 490. The van der Waals surface area contributed by atoms with Gasteiger partial charge in [0.25, 0.3) is 0 Å². The van der Waals surface area contributed by atoms with Crippen LogP contribution in [0.4, 0.5) is 0 Å². The lowest BCUT2D eigenvalue weighted by atomic mass is 10.1. The number of amides is 1. The van der Waals surface area contributed by atoms with Gasteiger partial charge in [0.05, 0.1) is 13.2 Å². The quantitative estimate of drug-likeness (QED) is 0.263. The first-order valence-corrected chi connectivity index (χ1v) is 8.37. The van der Waals surface area contributed by atoms with Gasteiger partial charge in [-0.05, 0) is 46.5 Å². The number of hydrogen-bond donors (Lipinski definition) is 2. The van der Waals surface area contributed by atoms with Crippen molar-refractivity contribution < 1.29 is 19.4 Å². The SMILES string of the molecule is CC(=O)OCCNC(=O)C(C)=CCCC(C)=CCCC(C)=CCO. The van der Waals surface area contributed by atoms with Crippen molar-refractivity contribution in [1.82, 2.24) is 5.32 Å². The third-order valence-corrected chi connectivity index (χ3v) is 3.51. The number of allylic oxidation sites excluding steroid dienone is 4. The molecule has 0 aromatic heterocycles. The Hall–Kier alpha value is -1.88. The van der Waals surface area contributed by atoms with Crippen LogP contribution in [0.5, 0.6) is 0 Å². The molecule has 0 aromatic carbocycles. The van der Waals surface area contributed by atoms with E-state index in [1.807, 2.05) is 19.1 Å². The molecule has 0 aromatic rings. The van der Waals surface area contributed by atoms with E-state index in [9.17, 15) is 9.59 Å². The third kappa shape index (κ3) is 12.6. The summed E-state index contributed by atoms with van der Waals surface area (Å²) in [4.78, 5) is 22.4. The number of rotatable bonds is 11. The Kier molecular flexibility index (Phi) is 12.5. The number of hydrogen-bond acceptors (Lipinski definition) is 4. The normalized spacial score (nSPS) is 13.0. The van der Waals surface area contributed by atoms with Crippen molar-refractivity contribution in [2.75, 3.05) is 19.8 Å². The lowest BCUT2D eigenvalue weighted by molar-refractivity contribution is -0.141. The molecule has 0 atom stereocenters. The molecule has 0 radical (unpaired) electrons. The molecular formula is C19H31NO4. The van der Waals surface area contributed by atoms with Crippen molar-refractivity contribution in [2.45, 2.75) is 53.4 Å². The fraction of sp³-hybridized carbons (Fsp3) is 0.579. The van der Waals surface area contributed by atoms with Crippen molar-refractivity contribution in [3.8, 4) is 0 Å². The van der Waals surface area contributed by atoms with Crippen LogP contribution in [-0.2, 0) is 14.3 Å². The minimum Gasteiger partial charge on any atom is -0.464 e. The Morgan fingerprint density at radius 3 is 2.12 bits per heavy atom. The lowest BCUT2D eigenvalue weighted by Crippen LogP contribution is -2.28. The first-order chi connectivity index (χ1) is 11.4. The van der Waals surface area contributed by atoms with Gasteiger partial charge >= 0.3 is 5.97 Å². The van der Waals surface area contributed by atoms with Gasteiger partial charge in [0.15, 0.2) is 0 Å². The molecule has 0 rings (SSSR count). The maximum absolute atomic E-state index is 11.8. The van der Waals surface area contributed by atoms with E-state index in [1.54, 1.807) is 6.92 Å². The van der Waals surface area contributed by atoms with Crippen LogP contribution in [0.25, 0.3) is 0 Å². The van der Waals surface area contributed by atoms with Crippen LogP contribution in [-0.4, -0.2) is 36.7 Å². The number of esters is 1. The third-order valence-electron chi connectivity index (χ3n) is 3.51. The van der Waals surface area contributed by atoms with E-state index in [-0.39, 0.29) is 25.1 Å². The molecule has 0 spiro atoms. The molecule has 1 amide bonds. The Balaban J connectivity index is 4.03. The molecule has 136 valence electrons. The molecule has 0 aliphatic heterocycles. The number of carbonyl (C=O) groups excluding carboxylic acids is 2. The summed E-state index contributed by atoms with van der Waals surface area (Å²) in [5.41, 5.74) is 3.17. The van der Waals surface area contributed by atoms with Crippen molar-refractivity contribution in [2.24, 2.45) is 0 Å². The van der Waals surface area contributed by atoms with E-state index in [0.29, 0.717) is 12.1 Å². The van der Waals surface area contributed by atoms with Gasteiger partial charge in [-0.1, -0.05) is 29.4 Å². The second-order valence-corrected chi connectivity index (χ2v) is 5.84. The van der Waals surface area contributed by atoms with Gasteiger partial charge in [0.1, 0.15) is 6.61 Å². The van der Waals surface area contributed by atoms with Crippen molar-refractivity contribution in [3.63, 3.8) is 0 Å². The minimum atomic E-state index is -0.346. The summed E-state index contributed by atoms with van der Waals surface area (Å²) in [6.07, 6.45) is 9.62. The number of aliphatic hydroxyl groups excluding tert-OH is 1. The fourth-order valence-electron chi connectivity index (χ4n) is 2.01. The van der Waals surface area contributed by atoms with Crippen molar-refractivity contribution >= 4 is 11.9 Å². The maximum Gasteiger partial charge on any atom is 0.302 e. The van der Waals surface area contributed by atoms with Crippen LogP contribution < -0.4 is 5.32 Å². The summed E-state index contributed by atoms with van der Waals surface area (Å²) < 4.78 is 4.76. The molecule has 24 heavy (non-hydrogen) atoms.